The van der Waals surface area contributed by atoms with Crippen LogP contribution in [-0.4, -0.2) is 73.5 Å². The van der Waals surface area contributed by atoms with Crippen LogP contribution in [-0.2, 0) is 14.2 Å². The summed E-state index contributed by atoms with van der Waals surface area (Å²) in [5.74, 6) is -0.0629. The molecule has 0 aliphatic carbocycles. The highest BCUT2D eigenvalue weighted by atomic mass is 16.7. The Bertz CT molecular complexity index is 677. The van der Waals surface area contributed by atoms with Crippen molar-refractivity contribution in [1.82, 2.24) is 9.55 Å². The van der Waals surface area contributed by atoms with Gasteiger partial charge < -0.3 is 29.5 Å². The molecule has 0 spiro atoms. The van der Waals surface area contributed by atoms with Crippen LogP contribution < -0.4 is 11.2 Å². The van der Waals surface area contributed by atoms with Gasteiger partial charge in [0.2, 0.25) is 0 Å². The van der Waals surface area contributed by atoms with Gasteiger partial charge in [-0.05, 0) is 25.8 Å². The van der Waals surface area contributed by atoms with Gasteiger partial charge in [0.05, 0.1) is 6.61 Å². The van der Waals surface area contributed by atoms with Crippen molar-refractivity contribution in [3.05, 3.63) is 22.7 Å². The monoisotopic (exact) mass is 373 g/mol. The van der Waals surface area contributed by atoms with Gasteiger partial charge in [0.25, 0.3) is 0 Å². The number of nitrogens with zero attached hydrogens (tertiary/aromatic N) is 2. The topological polar surface area (TPSA) is 156 Å². The average Bonchev–Trinajstić information content (AvgIpc) is 3.19. The molecular weight excluding hydrogens is 350 g/mol. The van der Waals surface area contributed by atoms with Crippen molar-refractivity contribution in [2.75, 3.05) is 18.7 Å². The zero-order valence-corrected chi connectivity index (χ0v) is 14.2. The van der Waals surface area contributed by atoms with E-state index >= 15 is 0 Å². The summed E-state index contributed by atoms with van der Waals surface area (Å²) in [6.45, 7) is 2.07. The minimum absolute atomic E-state index is 0.0629. The molecule has 0 bridgehead atoms. The van der Waals surface area contributed by atoms with E-state index in [1.165, 1.54) is 12.3 Å². The number of anilines is 1. The Balaban J connectivity index is 1.65. The Hall–Kier alpha value is -1.60. The average molecular weight is 373 g/mol. The maximum Gasteiger partial charge on any atom is 0.351 e. The SMILES string of the molecule is C[C@@]1(C(O)OC[C@H]2O[C@@H](n3ccc(NO)nc3=O)[C@H](O)[C@@H]2O)CCCO1. The fourth-order valence-electron chi connectivity index (χ4n) is 3.12. The highest BCUT2D eigenvalue weighted by molar-refractivity contribution is 5.28. The lowest BCUT2D eigenvalue weighted by atomic mass is 10.0. The molecular formula is C15H23N3O8. The molecule has 1 unspecified atom stereocenters. The second kappa shape index (κ2) is 7.56. The number of nitrogens with one attached hydrogen (secondary N) is 1. The molecule has 0 aromatic carbocycles. The molecule has 5 N–H and O–H groups in total. The molecule has 2 saturated heterocycles. The first-order valence-corrected chi connectivity index (χ1v) is 8.30. The number of hydrogen-bond donors (Lipinski definition) is 5. The smallest absolute Gasteiger partial charge is 0.351 e. The highest BCUT2D eigenvalue weighted by Crippen LogP contribution is 2.32. The van der Waals surface area contributed by atoms with E-state index in [1.807, 2.05) is 0 Å². The van der Waals surface area contributed by atoms with Crippen LogP contribution in [0.4, 0.5) is 5.82 Å². The molecule has 0 radical (unpaired) electrons. The van der Waals surface area contributed by atoms with E-state index in [0.29, 0.717) is 13.0 Å². The Morgan fingerprint density at radius 2 is 2.27 bits per heavy atom. The third kappa shape index (κ3) is 3.60. The molecule has 3 heterocycles. The molecule has 6 atom stereocenters. The fourth-order valence-corrected chi connectivity index (χ4v) is 3.12. The van der Waals surface area contributed by atoms with Crippen LogP contribution in [0.5, 0.6) is 0 Å². The molecule has 146 valence electrons. The van der Waals surface area contributed by atoms with Crippen LogP contribution in [0.3, 0.4) is 0 Å². The van der Waals surface area contributed by atoms with Crippen LogP contribution in [0.1, 0.15) is 26.0 Å². The maximum absolute atomic E-state index is 12.0. The molecule has 26 heavy (non-hydrogen) atoms. The number of aliphatic hydroxyl groups excluding tert-OH is 3. The minimum Gasteiger partial charge on any atom is -0.387 e. The molecule has 0 saturated carbocycles. The summed E-state index contributed by atoms with van der Waals surface area (Å²) in [4.78, 5) is 15.5. The summed E-state index contributed by atoms with van der Waals surface area (Å²) in [7, 11) is 0. The van der Waals surface area contributed by atoms with E-state index in [4.69, 9.17) is 19.4 Å². The van der Waals surface area contributed by atoms with Gasteiger partial charge >= 0.3 is 5.69 Å². The van der Waals surface area contributed by atoms with Crippen molar-refractivity contribution < 1.29 is 34.7 Å². The molecule has 2 aliphatic heterocycles. The Labute approximate surface area is 148 Å². The second-order valence-corrected chi connectivity index (χ2v) is 6.61. The highest BCUT2D eigenvalue weighted by Gasteiger charge is 2.45. The van der Waals surface area contributed by atoms with Crippen LogP contribution >= 0.6 is 0 Å². The summed E-state index contributed by atoms with van der Waals surface area (Å²) in [5.41, 5.74) is 0.133. The van der Waals surface area contributed by atoms with Gasteiger partial charge in [-0.3, -0.25) is 15.3 Å². The van der Waals surface area contributed by atoms with Gasteiger partial charge in [-0.2, -0.15) is 4.98 Å². The number of rotatable bonds is 6. The predicted octanol–water partition coefficient (Wildman–Crippen LogP) is -1.43. The largest absolute Gasteiger partial charge is 0.387 e. The molecule has 2 fully saturated rings. The molecule has 0 amide bonds. The normalized spacial score (nSPS) is 35.6. The Morgan fingerprint density at radius 3 is 2.88 bits per heavy atom. The second-order valence-electron chi connectivity index (χ2n) is 6.61. The lowest BCUT2D eigenvalue weighted by molar-refractivity contribution is -0.224. The molecule has 1 aromatic heterocycles. The van der Waals surface area contributed by atoms with E-state index in [2.05, 4.69) is 4.98 Å². The lowest BCUT2D eigenvalue weighted by Crippen LogP contribution is -2.43. The zero-order valence-electron chi connectivity index (χ0n) is 14.2. The fraction of sp³-hybridized carbons (Fsp3) is 0.733. The van der Waals surface area contributed by atoms with E-state index in [1.54, 1.807) is 12.4 Å². The van der Waals surface area contributed by atoms with Crippen molar-refractivity contribution in [3.63, 3.8) is 0 Å². The summed E-state index contributed by atoms with van der Waals surface area (Å²) in [6.07, 6.45) is -3.36. The summed E-state index contributed by atoms with van der Waals surface area (Å²) >= 11 is 0. The van der Waals surface area contributed by atoms with Gasteiger partial charge in [0, 0.05) is 12.8 Å². The zero-order chi connectivity index (χ0) is 18.9. The Morgan fingerprint density at radius 1 is 1.50 bits per heavy atom. The first-order chi connectivity index (χ1) is 12.4. The van der Waals surface area contributed by atoms with Crippen LogP contribution in [0.25, 0.3) is 0 Å². The number of ether oxygens (including phenoxy) is 3. The number of hydrogen-bond acceptors (Lipinski definition) is 10. The molecule has 11 nitrogen and oxygen atoms in total. The first-order valence-electron chi connectivity index (χ1n) is 8.30. The van der Waals surface area contributed by atoms with Crippen molar-refractivity contribution in [2.24, 2.45) is 0 Å². The quantitative estimate of drug-likeness (QED) is 0.296. The summed E-state index contributed by atoms with van der Waals surface area (Å²) in [5, 5.41) is 39.3. The van der Waals surface area contributed by atoms with Gasteiger partial charge in [-0.1, -0.05) is 0 Å². The molecule has 2 aliphatic rings. The van der Waals surface area contributed by atoms with Gasteiger partial charge in [-0.25, -0.2) is 4.79 Å². The van der Waals surface area contributed by atoms with E-state index in [9.17, 15) is 20.1 Å². The van der Waals surface area contributed by atoms with E-state index in [-0.39, 0.29) is 12.4 Å². The minimum atomic E-state index is -1.40. The van der Waals surface area contributed by atoms with E-state index < -0.39 is 42.1 Å². The van der Waals surface area contributed by atoms with Crippen molar-refractivity contribution in [3.8, 4) is 0 Å². The maximum atomic E-state index is 12.0. The first kappa shape index (κ1) is 19.2. The predicted molar refractivity (Wildman–Crippen MR) is 85.4 cm³/mol. The summed E-state index contributed by atoms with van der Waals surface area (Å²) in [6, 6.07) is 1.30. The van der Waals surface area contributed by atoms with Crippen molar-refractivity contribution in [1.29, 1.82) is 0 Å². The summed E-state index contributed by atoms with van der Waals surface area (Å²) < 4.78 is 17.4. The number of aromatic nitrogens is 2. The molecule has 1 aromatic rings. The van der Waals surface area contributed by atoms with E-state index in [0.717, 1.165) is 11.0 Å². The van der Waals surface area contributed by atoms with Gasteiger partial charge in [-0.15, -0.1) is 0 Å². The Kier molecular flexibility index (Phi) is 5.58. The van der Waals surface area contributed by atoms with Crippen LogP contribution in [0, 0.1) is 0 Å². The third-order valence-electron chi connectivity index (χ3n) is 4.75. The molecule has 3 rings (SSSR count). The standard InChI is InChI=1S/C15H23N3O8/c1-15(4-2-6-25-15)13(21)24-7-8-10(19)11(20)12(26-8)18-5-3-9(17-23)16-14(18)22/h3,5,8,10-13,19-21,23H,2,4,6-7H2,1H3,(H,16,17,22)/t8-,10-,11-,12-,13?,15+/m1/s1. The third-order valence-corrected chi connectivity index (χ3v) is 4.75. The number of aliphatic hydroxyl groups is 3. The van der Waals surface area contributed by atoms with Crippen LogP contribution in [0.2, 0.25) is 0 Å². The van der Waals surface area contributed by atoms with Gasteiger partial charge in [0.1, 0.15) is 23.9 Å². The molecule has 11 heteroatoms. The van der Waals surface area contributed by atoms with Crippen LogP contribution in [0.15, 0.2) is 17.1 Å². The van der Waals surface area contributed by atoms with Crippen molar-refractivity contribution in [2.45, 2.75) is 56.2 Å². The van der Waals surface area contributed by atoms with Gasteiger partial charge in [0.15, 0.2) is 18.3 Å². The van der Waals surface area contributed by atoms with Crippen molar-refractivity contribution >= 4 is 5.82 Å². The lowest BCUT2D eigenvalue weighted by Gasteiger charge is -2.30.